The molecule has 0 atom stereocenters. The number of halogens is 4. The minimum atomic E-state index is 0.413. The maximum atomic E-state index is 6.08. The van der Waals surface area contributed by atoms with E-state index < -0.39 is 0 Å². The lowest BCUT2D eigenvalue weighted by molar-refractivity contribution is 0.267. The number of anilines is 1. The lowest BCUT2D eigenvalue weighted by Gasteiger charge is -2.16. The molecular formula is C22H19BrCl3NO2. The summed E-state index contributed by atoms with van der Waals surface area (Å²) in [5, 5.41) is 5.07. The van der Waals surface area contributed by atoms with E-state index in [1.807, 2.05) is 49.4 Å². The smallest absolute Gasteiger partial charge is 0.175 e. The zero-order chi connectivity index (χ0) is 20.8. The Hall–Kier alpha value is -1.59. The predicted octanol–water partition coefficient (Wildman–Crippen LogP) is 8.00. The minimum Gasteiger partial charge on any atom is -0.490 e. The number of hydrogen-bond donors (Lipinski definition) is 1. The fraction of sp³-hybridized carbons (Fsp3) is 0.182. The molecule has 0 radical (unpaired) electrons. The molecule has 3 rings (SSSR count). The minimum absolute atomic E-state index is 0.413. The molecule has 0 aliphatic carbocycles. The molecule has 7 heteroatoms. The van der Waals surface area contributed by atoms with Crippen LogP contribution in [0.3, 0.4) is 0 Å². The van der Waals surface area contributed by atoms with E-state index in [2.05, 4.69) is 21.2 Å². The van der Waals surface area contributed by atoms with Gasteiger partial charge in [0.15, 0.2) is 11.5 Å². The van der Waals surface area contributed by atoms with Crippen LogP contribution in [0.5, 0.6) is 11.5 Å². The summed E-state index contributed by atoms with van der Waals surface area (Å²) in [5.74, 6) is 1.35. The Morgan fingerprint density at radius 3 is 2.31 bits per heavy atom. The van der Waals surface area contributed by atoms with E-state index in [1.54, 1.807) is 12.1 Å². The first kappa shape index (κ1) is 22.1. The van der Waals surface area contributed by atoms with Crippen LogP contribution < -0.4 is 14.8 Å². The van der Waals surface area contributed by atoms with Gasteiger partial charge in [0.2, 0.25) is 0 Å². The summed E-state index contributed by atoms with van der Waals surface area (Å²) in [6.07, 6.45) is 0. The molecule has 0 bridgehead atoms. The van der Waals surface area contributed by atoms with Crippen LogP contribution in [-0.2, 0) is 13.2 Å². The van der Waals surface area contributed by atoms with E-state index in [1.165, 1.54) is 0 Å². The highest BCUT2D eigenvalue weighted by molar-refractivity contribution is 9.10. The summed E-state index contributed by atoms with van der Waals surface area (Å²) < 4.78 is 12.7. The van der Waals surface area contributed by atoms with E-state index in [9.17, 15) is 0 Å². The summed E-state index contributed by atoms with van der Waals surface area (Å²) in [4.78, 5) is 0. The second-order valence-corrected chi connectivity index (χ2v) is 8.34. The molecule has 0 saturated heterocycles. The zero-order valence-electron chi connectivity index (χ0n) is 15.6. The second-order valence-electron chi connectivity index (χ2n) is 6.24. The van der Waals surface area contributed by atoms with Crippen molar-refractivity contribution in [3.63, 3.8) is 0 Å². The van der Waals surface area contributed by atoms with Gasteiger partial charge in [0.1, 0.15) is 6.61 Å². The fourth-order valence-electron chi connectivity index (χ4n) is 2.67. The molecule has 0 heterocycles. The molecule has 152 valence electrons. The van der Waals surface area contributed by atoms with Gasteiger partial charge in [-0.15, -0.1) is 0 Å². The number of benzene rings is 3. The molecule has 3 aromatic rings. The number of ether oxygens (including phenoxy) is 2. The summed E-state index contributed by atoms with van der Waals surface area (Å²) in [6.45, 7) is 3.48. The molecule has 0 fully saturated rings. The van der Waals surface area contributed by atoms with Gasteiger partial charge in [-0.2, -0.15) is 0 Å². The van der Waals surface area contributed by atoms with Crippen molar-refractivity contribution >= 4 is 56.4 Å². The largest absolute Gasteiger partial charge is 0.490 e. The van der Waals surface area contributed by atoms with Crippen LogP contribution in [0.1, 0.15) is 18.1 Å². The summed E-state index contributed by atoms with van der Waals surface area (Å²) in [5.41, 5.74) is 2.94. The van der Waals surface area contributed by atoms with Crippen molar-refractivity contribution in [2.75, 3.05) is 11.9 Å². The van der Waals surface area contributed by atoms with Gasteiger partial charge >= 0.3 is 0 Å². The highest BCUT2D eigenvalue weighted by Crippen LogP contribution is 2.38. The molecule has 29 heavy (non-hydrogen) atoms. The Morgan fingerprint density at radius 1 is 0.862 bits per heavy atom. The third-order valence-corrected chi connectivity index (χ3v) is 5.66. The van der Waals surface area contributed by atoms with Gasteiger partial charge in [0.25, 0.3) is 0 Å². The quantitative estimate of drug-likeness (QED) is 0.330. The maximum Gasteiger partial charge on any atom is 0.175 e. The maximum absolute atomic E-state index is 6.08. The third kappa shape index (κ3) is 6.19. The monoisotopic (exact) mass is 513 g/mol. The lowest BCUT2D eigenvalue weighted by Crippen LogP contribution is -2.04. The molecule has 3 nitrogen and oxygen atoms in total. The number of rotatable bonds is 8. The van der Waals surface area contributed by atoms with Crippen molar-refractivity contribution < 1.29 is 9.47 Å². The van der Waals surface area contributed by atoms with Crippen LogP contribution in [0.4, 0.5) is 5.69 Å². The molecule has 0 saturated carbocycles. The second kappa shape index (κ2) is 10.4. The average Bonchev–Trinajstić information content (AvgIpc) is 2.70. The van der Waals surface area contributed by atoms with Crippen LogP contribution in [0.2, 0.25) is 15.1 Å². The van der Waals surface area contributed by atoms with Crippen molar-refractivity contribution in [1.29, 1.82) is 0 Å². The van der Waals surface area contributed by atoms with E-state index >= 15 is 0 Å². The number of nitrogens with one attached hydrogen (secondary N) is 1. The zero-order valence-corrected chi connectivity index (χ0v) is 19.5. The Kier molecular flexibility index (Phi) is 7.96. The summed E-state index contributed by atoms with van der Waals surface area (Å²) in [6, 6.07) is 17.0. The molecule has 0 aliphatic heterocycles. The van der Waals surface area contributed by atoms with Crippen LogP contribution in [-0.4, -0.2) is 6.61 Å². The summed E-state index contributed by atoms with van der Waals surface area (Å²) >= 11 is 21.6. The first-order valence-corrected chi connectivity index (χ1v) is 10.9. The van der Waals surface area contributed by atoms with Crippen LogP contribution in [0, 0.1) is 0 Å². The highest BCUT2D eigenvalue weighted by atomic mass is 79.9. The summed E-state index contributed by atoms with van der Waals surface area (Å²) in [7, 11) is 0. The van der Waals surface area contributed by atoms with Gasteiger partial charge in [0.05, 0.1) is 21.1 Å². The molecule has 1 N–H and O–H groups in total. The molecule has 0 unspecified atom stereocenters. The molecule has 3 aromatic carbocycles. The van der Waals surface area contributed by atoms with Crippen LogP contribution in [0.15, 0.2) is 59.1 Å². The van der Waals surface area contributed by atoms with E-state index in [0.29, 0.717) is 46.3 Å². The highest BCUT2D eigenvalue weighted by Gasteiger charge is 2.13. The SMILES string of the molecule is CCOc1cc(CNc2ccc(Cl)c(Cl)c2)cc(Br)c1OCc1ccc(Cl)cc1. The Morgan fingerprint density at radius 2 is 1.62 bits per heavy atom. The topological polar surface area (TPSA) is 30.5 Å². The van der Waals surface area contributed by atoms with Crippen LogP contribution in [0.25, 0.3) is 0 Å². The average molecular weight is 516 g/mol. The van der Waals surface area contributed by atoms with E-state index in [-0.39, 0.29) is 0 Å². The van der Waals surface area contributed by atoms with Crippen molar-refractivity contribution in [2.24, 2.45) is 0 Å². The van der Waals surface area contributed by atoms with Gasteiger partial charge in [-0.1, -0.05) is 46.9 Å². The molecular weight excluding hydrogens is 497 g/mol. The van der Waals surface area contributed by atoms with E-state index in [4.69, 9.17) is 44.3 Å². The number of hydrogen-bond acceptors (Lipinski definition) is 3. The molecule has 0 aliphatic rings. The van der Waals surface area contributed by atoms with Crippen molar-refractivity contribution in [1.82, 2.24) is 0 Å². The van der Waals surface area contributed by atoms with Crippen molar-refractivity contribution in [2.45, 2.75) is 20.1 Å². The predicted molar refractivity (Wildman–Crippen MR) is 125 cm³/mol. The molecule has 0 spiro atoms. The fourth-order valence-corrected chi connectivity index (χ4v) is 3.70. The van der Waals surface area contributed by atoms with Crippen molar-refractivity contribution in [3.8, 4) is 11.5 Å². The first-order chi connectivity index (χ1) is 14.0. The van der Waals surface area contributed by atoms with Gasteiger partial charge in [-0.25, -0.2) is 0 Å². The van der Waals surface area contributed by atoms with E-state index in [0.717, 1.165) is 21.3 Å². The van der Waals surface area contributed by atoms with Crippen LogP contribution >= 0.6 is 50.7 Å². The molecule has 0 amide bonds. The first-order valence-electron chi connectivity index (χ1n) is 8.97. The normalized spacial score (nSPS) is 10.7. The van der Waals surface area contributed by atoms with Gasteiger partial charge < -0.3 is 14.8 Å². The van der Waals surface area contributed by atoms with Gasteiger partial charge in [-0.05, 0) is 76.4 Å². The third-order valence-electron chi connectivity index (χ3n) is 4.08. The van der Waals surface area contributed by atoms with Crippen molar-refractivity contribution in [3.05, 3.63) is 85.3 Å². The Labute approximate surface area is 194 Å². The Bertz CT molecular complexity index is 981. The van der Waals surface area contributed by atoms with Gasteiger partial charge in [0, 0.05) is 17.3 Å². The lowest BCUT2D eigenvalue weighted by atomic mass is 10.2. The standard InChI is InChI=1S/C22H19BrCl3NO2/c1-2-28-21-10-15(12-27-17-7-8-19(25)20(26)11-17)9-18(23)22(21)29-13-14-3-5-16(24)6-4-14/h3-11,27H,2,12-13H2,1H3. The van der Waals surface area contributed by atoms with Gasteiger partial charge in [-0.3, -0.25) is 0 Å². The molecule has 0 aromatic heterocycles. The Balaban J connectivity index is 1.74.